The maximum atomic E-state index is 13.6. The molecule has 0 spiro atoms. The van der Waals surface area contributed by atoms with E-state index in [-0.39, 0.29) is 11.6 Å². The molecule has 8 heteroatoms. The minimum absolute atomic E-state index is 0.0726. The predicted molar refractivity (Wildman–Crippen MR) is 109 cm³/mol. The van der Waals surface area contributed by atoms with Gasteiger partial charge >= 0.3 is 0 Å². The van der Waals surface area contributed by atoms with Crippen LogP contribution >= 0.6 is 0 Å². The lowest BCUT2D eigenvalue weighted by Crippen LogP contribution is -2.42. The van der Waals surface area contributed by atoms with Gasteiger partial charge in [0, 0.05) is 24.0 Å². The van der Waals surface area contributed by atoms with Crippen molar-refractivity contribution in [3.05, 3.63) is 70.7 Å². The van der Waals surface area contributed by atoms with E-state index in [1.807, 2.05) is 33.9 Å². The predicted octanol–water partition coefficient (Wildman–Crippen LogP) is 3.28. The van der Waals surface area contributed by atoms with Gasteiger partial charge in [-0.15, -0.1) is 0 Å². The third-order valence-corrected chi connectivity index (χ3v) is 4.83. The van der Waals surface area contributed by atoms with Gasteiger partial charge in [-0.2, -0.15) is 5.10 Å². The molecule has 0 unspecified atom stereocenters. The highest BCUT2D eigenvalue weighted by Gasteiger charge is 2.26. The molecule has 3 aromatic rings. The van der Waals surface area contributed by atoms with Gasteiger partial charge in [0.25, 0.3) is 5.91 Å². The summed E-state index contributed by atoms with van der Waals surface area (Å²) in [4.78, 5) is 21.6. The molecule has 3 N–H and O–H groups in total. The van der Waals surface area contributed by atoms with E-state index >= 15 is 0 Å². The van der Waals surface area contributed by atoms with Gasteiger partial charge in [0.05, 0.1) is 11.7 Å². The van der Waals surface area contributed by atoms with Crippen LogP contribution in [0.15, 0.2) is 36.7 Å². The van der Waals surface area contributed by atoms with Crippen molar-refractivity contribution >= 4 is 11.7 Å². The Kier molecular flexibility index (Phi) is 5.91. The summed E-state index contributed by atoms with van der Waals surface area (Å²) in [5.41, 5.74) is 2.57. The first-order valence-corrected chi connectivity index (χ1v) is 9.41. The topological polar surface area (TPSA) is 95.6 Å². The molecular weight excluding hydrogens is 371 g/mol. The molecule has 0 aliphatic rings. The molecule has 1 aromatic carbocycles. The first kappa shape index (κ1) is 20.4. The SMILES string of the molecule is Cc1nc(C(=O)NC(C)(C)c2cccc(F)c2)nc(NCCc2cn[nH]c2)c1C. The molecule has 0 saturated heterocycles. The molecule has 0 atom stereocenters. The molecule has 3 rings (SSSR count). The number of halogens is 1. The van der Waals surface area contributed by atoms with Crippen LogP contribution in [0.4, 0.5) is 10.2 Å². The molecule has 2 heterocycles. The molecule has 0 bridgehead atoms. The molecule has 0 saturated carbocycles. The number of aromatic nitrogens is 4. The number of hydrogen-bond donors (Lipinski definition) is 3. The number of carbonyl (C=O) groups excluding carboxylic acids is 1. The van der Waals surface area contributed by atoms with Crippen LogP contribution in [0.2, 0.25) is 0 Å². The van der Waals surface area contributed by atoms with Gasteiger partial charge in [-0.1, -0.05) is 12.1 Å². The van der Waals surface area contributed by atoms with E-state index in [2.05, 4.69) is 30.8 Å². The van der Waals surface area contributed by atoms with E-state index in [9.17, 15) is 9.18 Å². The van der Waals surface area contributed by atoms with Crippen molar-refractivity contribution in [2.75, 3.05) is 11.9 Å². The van der Waals surface area contributed by atoms with E-state index < -0.39 is 11.4 Å². The first-order chi connectivity index (χ1) is 13.8. The fourth-order valence-electron chi connectivity index (χ4n) is 2.93. The molecule has 0 aliphatic carbocycles. The molecule has 152 valence electrons. The summed E-state index contributed by atoms with van der Waals surface area (Å²) in [6.45, 7) is 8.02. The Balaban J connectivity index is 1.75. The summed E-state index contributed by atoms with van der Waals surface area (Å²) >= 11 is 0. The Morgan fingerprint density at radius 3 is 2.72 bits per heavy atom. The maximum Gasteiger partial charge on any atom is 0.289 e. The van der Waals surface area contributed by atoms with E-state index in [0.717, 1.165) is 23.2 Å². The summed E-state index contributed by atoms with van der Waals surface area (Å²) in [5, 5.41) is 12.9. The number of benzene rings is 1. The third kappa shape index (κ3) is 4.96. The second-order valence-corrected chi connectivity index (χ2v) is 7.48. The number of carbonyl (C=O) groups is 1. The average Bonchev–Trinajstić information content (AvgIpc) is 3.18. The minimum atomic E-state index is -0.782. The highest BCUT2D eigenvalue weighted by molar-refractivity contribution is 5.91. The zero-order valence-corrected chi connectivity index (χ0v) is 17.0. The van der Waals surface area contributed by atoms with Crippen molar-refractivity contribution in [3.8, 4) is 0 Å². The normalized spacial score (nSPS) is 11.3. The standard InChI is InChI=1S/C21H25FN6O/c1-13-14(2)26-19(27-18(13)23-9-8-15-11-24-25-12-15)20(29)28-21(3,4)16-6-5-7-17(22)10-16/h5-7,10-12H,8-9H2,1-4H3,(H,24,25)(H,28,29)(H,23,26,27). The lowest BCUT2D eigenvalue weighted by atomic mass is 9.94. The number of anilines is 1. The molecule has 29 heavy (non-hydrogen) atoms. The van der Waals surface area contributed by atoms with Gasteiger partial charge < -0.3 is 10.6 Å². The van der Waals surface area contributed by atoms with Crippen LogP contribution in [0.1, 0.15) is 46.9 Å². The van der Waals surface area contributed by atoms with Gasteiger partial charge in [0.15, 0.2) is 0 Å². The monoisotopic (exact) mass is 396 g/mol. The van der Waals surface area contributed by atoms with Crippen LogP contribution in [-0.2, 0) is 12.0 Å². The number of rotatable bonds is 7. The largest absolute Gasteiger partial charge is 0.369 e. The second-order valence-electron chi connectivity index (χ2n) is 7.48. The average molecular weight is 396 g/mol. The van der Waals surface area contributed by atoms with Crippen molar-refractivity contribution in [3.63, 3.8) is 0 Å². The fourth-order valence-corrected chi connectivity index (χ4v) is 2.93. The van der Waals surface area contributed by atoms with Gasteiger partial charge in [-0.25, -0.2) is 14.4 Å². The highest BCUT2D eigenvalue weighted by Crippen LogP contribution is 2.22. The van der Waals surface area contributed by atoms with Gasteiger partial charge in [0.1, 0.15) is 11.6 Å². The van der Waals surface area contributed by atoms with E-state index in [1.54, 1.807) is 18.3 Å². The van der Waals surface area contributed by atoms with Crippen molar-refractivity contribution in [2.45, 2.75) is 39.7 Å². The fraction of sp³-hybridized carbons (Fsp3) is 0.333. The molecule has 0 fully saturated rings. The van der Waals surface area contributed by atoms with Crippen molar-refractivity contribution in [2.24, 2.45) is 0 Å². The summed E-state index contributed by atoms with van der Waals surface area (Å²) in [5.74, 6) is -0.0743. The summed E-state index contributed by atoms with van der Waals surface area (Å²) in [7, 11) is 0. The van der Waals surface area contributed by atoms with E-state index in [0.29, 0.717) is 17.9 Å². The molecule has 0 radical (unpaired) electrons. The molecule has 7 nitrogen and oxygen atoms in total. The quantitative estimate of drug-likeness (QED) is 0.570. The number of hydrogen-bond acceptors (Lipinski definition) is 5. The zero-order chi connectivity index (χ0) is 21.0. The number of amides is 1. The second kappa shape index (κ2) is 8.38. The maximum absolute atomic E-state index is 13.6. The van der Waals surface area contributed by atoms with Gasteiger partial charge in [-0.3, -0.25) is 9.89 Å². The van der Waals surface area contributed by atoms with E-state index in [1.165, 1.54) is 12.1 Å². The minimum Gasteiger partial charge on any atom is -0.369 e. The molecule has 0 aliphatic heterocycles. The van der Waals surface area contributed by atoms with Crippen LogP contribution in [0, 0.1) is 19.7 Å². The van der Waals surface area contributed by atoms with Crippen LogP contribution in [0.5, 0.6) is 0 Å². The lowest BCUT2D eigenvalue weighted by Gasteiger charge is -2.26. The van der Waals surface area contributed by atoms with Crippen LogP contribution < -0.4 is 10.6 Å². The van der Waals surface area contributed by atoms with E-state index in [4.69, 9.17) is 0 Å². The third-order valence-electron chi connectivity index (χ3n) is 4.83. The summed E-state index contributed by atoms with van der Waals surface area (Å²) in [6.07, 6.45) is 4.38. The number of aromatic amines is 1. The lowest BCUT2D eigenvalue weighted by molar-refractivity contribution is 0.0901. The van der Waals surface area contributed by atoms with Crippen LogP contribution in [-0.4, -0.2) is 32.6 Å². The smallest absolute Gasteiger partial charge is 0.289 e. The summed E-state index contributed by atoms with van der Waals surface area (Å²) < 4.78 is 13.6. The Labute approximate surface area is 169 Å². The Hall–Kier alpha value is -3.29. The van der Waals surface area contributed by atoms with Crippen molar-refractivity contribution < 1.29 is 9.18 Å². The number of H-pyrrole nitrogens is 1. The highest BCUT2D eigenvalue weighted by atomic mass is 19.1. The van der Waals surface area contributed by atoms with Crippen molar-refractivity contribution in [1.82, 2.24) is 25.5 Å². The Morgan fingerprint density at radius 2 is 2.03 bits per heavy atom. The number of nitrogens with zero attached hydrogens (tertiary/aromatic N) is 3. The Morgan fingerprint density at radius 1 is 1.24 bits per heavy atom. The van der Waals surface area contributed by atoms with Gasteiger partial charge in [0.2, 0.25) is 5.82 Å². The summed E-state index contributed by atoms with van der Waals surface area (Å²) in [6, 6.07) is 6.17. The Bertz CT molecular complexity index is 1000. The number of aryl methyl sites for hydroxylation is 1. The van der Waals surface area contributed by atoms with Crippen molar-refractivity contribution in [1.29, 1.82) is 0 Å². The molecular formula is C21H25FN6O. The molecule has 2 aromatic heterocycles. The first-order valence-electron chi connectivity index (χ1n) is 9.41. The zero-order valence-electron chi connectivity index (χ0n) is 17.0. The van der Waals surface area contributed by atoms with Gasteiger partial charge in [-0.05, 0) is 57.4 Å². The van der Waals surface area contributed by atoms with Crippen LogP contribution in [0.25, 0.3) is 0 Å². The van der Waals surface area contributed by atoms with Crippen LogP contribution in [0.3, 0.4) is 0 Å². The molecule has 1 amide bonds. The number of nitrogens with one attached hydrogen (secondary N) is 3.